The molecule has 1 saturated carbocycles. The number of carbonyl (C=O) groups is 2. The fourth-order valence-electron chi connectivity index (χ4n) is 2.37. The van der Waals surface area contributed by atoms with Gasteiger partial charge in [0.25, 0.3) is 5.91 Å². The molecule has 2 aliphatic rings. The second kappa shape index (κ2) is 5.85. The van der Waals surface area contributed by atoms with Crippen molar-refractivity contribution in [2.75, 3.05) is 18.4 Å². The van der Waals surface area contributed by atoms with Crippen LogP contribution in [0.15, 0.2) is 24.3 Å². The van der Waals surface area contributed by atoms with Gasteiger partial charge in [-0.25, -0.2) is 0 Å². The van der Waals surface area contributed by atoms with Crippen molar-refractivity contribution < 1.29 is 9.59 Å². The molecule has 5 nitrogen and oxygen atoms in total. The van der Waals surface area contributed by atoms with E-state index in [1.54, 1.807) is 18.2 Å². The fraction of sp³-hybridized carbons (Fsp3) is 0.500. The zero-order chi connectivity index (χ0) is 14.8. The Labute approximate surface area is 124 Å². The van der Waals surface area contributed by atoms with E-state index in [1.807, 2.05) is 13.0 Å². The molecule has 1 aromatic carbocycles. The predicted molar refractivity (Wildman–Crippen MR) is 81.1 cm³/mol. The molecule has 0 bridgehead atoms. The van der Waals surface area contributed by atoms with Crippen LogP contribution in [0.4, 0.5) is 5.69 Å². The first kappa shape index (κ1) is 14.1. The van der Waals surface area contributed by atoms with Gasteiger partial charge in [0.05, 0.1) is 0 Å². The van der Waals surface area contributed by atoms with Crippen LogP contribution in [0, 0.1) is 11.8 Å². The Morgan fingerprint density at radius 1 is 1.29 bits per heavy atom. The Balaban J connectivity index is 1.61. The molecule has 21 heavy (non-hydrogen) atoms. The molecule has 3 rings (SSSR count). The second-order valence-corrected chi connectivity index (χ2v) is 6.02. The van der Waals surface area contributed by atoms with Gasteiger partial charge in [0.1, 0.15) is 0 Å². The van der Waals surface area contributed by atoms with Crippen molar-refractivity contribution in [2.45, 2.75) is 25.8 Å². The fourth-order valence-corrected chi connectivity index (χ4v) is 2.37. The smallest absolute Gasteiger partial charge is 0.251 e. The number of amides is 2. The lowest BCUT2D eigenvalue weighted by molar-refractivity contribution is -0.121. The number of rotatable bonds is 5. The van der Waals surface area contributed by atoms with Gasteiger partial charge in [-0.1, -0.05) is 13.0 Å². The van der Waals surface area contributed by atoms with E-state index in [4.69, 9.17) is 0 Å². The van der Waals surface area contributed by atoms with Gasteiger partial charge in [-0.2, -0.15) is 0 Å². The minimum atomic E-state index is -0.0650. The van der Waals surface area contributed by atoms with Crippen molar-refractivity contribution >= 4 is 17.5 Å². The van der Waals surface area contributed by atoms with Crippen LogP contribution in [0.2, 0.25) is 0 Å². The highest BCUT2D eigenvalue weighted by Crippen LogP contribution is 2.21. The molecule has 1 aliphatic heterocycles. The molecule has 3 N–H and O–H groups in total. The predicted octanol–water partition coefficient (Wildman–Crippen LogP) is 1.37. The Bertz CT molecular complexity index is 550. The highest BCUT2D eigenvalue weighted by Gasteiger charge is 2.29. The largest absolute Gasteiger partial charge is 0.349 e. The molecule has 1 atom stereocenters. The van der Waals surface area contributed by atoms with Gasteiger partial charge in [0, 0.05) is 23.2 Å². The maximum absolute atomic E-state index is 12.2. The Morgan fingerprint density at radius 2 is 2.05 bits per heavy atom. The number of hydrogen-bond acceptors (Lipinski definition) is 3. The number of nitrogens with one attached hydrogen (secondary N) is 3. The molecular formula is C16H21N3O2. The van der Waals surface area contributed by atoms with Gasteiger partial charge in [-0.3, -0.25) is 9.59 Å². The lowest BCUT2D eigenvalue weighted by Gasteiger charge is -2.31. The van der Waals surface area contributed by atoms with Crippen LogP contribution in [-0.2, 0) is 4.79 Å². The zero-order valence-electron chi connectivity index (χ0n) is 12.2. The SMILES string of the molecule is CC(C(=O)Nc1cccc(C(=O)NC2CC2)c1)C1CNC1. The maximum Gasteiger partial charge on any atom is 0.251 e. The van der Waals surface area contributed by atoms with Crippen LogP contribution in [0.5, 0.6) is 0 Å². The summed E-state index contributed by atoms with van der Waals surface area (Å²) in [6.07, 6.45) is 2.13. The van der Waals surface area contributed by atoms with Crippen LogP contribution < -0.4 is 16.0 Å². The molecule has 1 aliphatic carbocycles. The number of benzene rings is 1. The Hall–Kier alpha value is -1.88. The Kier molecular flexibility index (Phi) is 3.92. The average Bonchev–Trinajstić information content (AvgIpc) is 3.21. The van der Waals surface area contributed by atoms with E-state index in [2.05, 4.69) is 16.0 Å². The minimum absolute atomic E-state index is 0.0150. The van der Waals surface area contributed by atoms with E-state index in [9.17, 15) is 9.59 Å². The van der Waals surface area contributed by atoms with E-state index in [1.165, 1.54) is 0 Å². The second-order valence-electron chi connectivity index (χ2n) is 6.02. The molecule has 1 saturated heterocycles. The quantitative estimate of drug-likeness (QED) is 0.766. The van der Waals surface area contributed by atoms with Crippen LogP contribution in [-0.4, -0.2) is 30.9 Å². The number of anilines is 1. The van der Waals surface area contributed by atoms with Gasteiger partial charge >= 0.3 is 0 Å². The molecule has 0 aromatic heterocycles. The topological polar surface area (TPSA) is 70.2 Å². The summed E-state index contributed by atoms with van der Waals surface area (Å²) in [5, 5.41) is 9.03. The first-order chi connectivity index (χ1) is 10.1. The highest BCUT2D eigenvalue weighted by molar-refractivity contribution is 5.97. The standard InChI is InChI=1S/C16H21N3O2/c1-10(12-8-17-9-12)15(20)19-14-4-2-3-11(7-14)16(21)18-13-5-6-13/h2-4,7,10,12-13,17H,5-6,8-9H2,1H3,(H,18,21)(H,19,20). The van der Waals surface area contributed by atoms with Crippen molar-refractivity contribution in [3.8, 4) is 0 Å². The van der Waals surface area contributed by atoms with E-state index in [0.29, 0.717) is 23.2 Å². The summed E-state index contributed by atoms with van der Waals surface area (Å²) < 4.78 is 0. The summed E-state index contributed by atoms with van der Waals surface area (Å²) in [5.74, 6) is 0.340. The molecule has 1 heterocycles. The van der Waals surface area contributed by atoms with Crippen molar-refractivity contribution in [1.29, 1.82) is 0 Å². The third-order valence-corrected chi connectivity index (χ3v) is 4.24. The van der Waals surface area contributed by atoms with Crippen molar-refractivity contribution in [3.63, 3.8) is 0 Å². The van der Waals surface area contributed by atoms with Crippen LogP contribution in [0.3, 0.4) is 0 Å². The van der Waals surface area contributed by atoms with Gasteiger partial charge in [-0.05, 0) is 50.0 Å². The first-order valence-electron chi connectivity index (χ1n) is 7.56. The summed E-state index contributed by atoms with van der Waals surface area (Å²) in [4.78, 5) is 24.2. The highest BCUT2D eigenvalue weighted by atomic mass is 16.2. The molecule has 2 fully saturated rings. The van der Waals surface area contributed by atoms with Crippen LogP contribution in [0.1, 0.15) is 30.1 Å². The number of carbonyl (C=O) groups excluding carboxylic acids is 2. The van der Waals surface area contributed by atoms with E-state index < -0.39 is 0 Å². The molecule has 112 valence electrons. The number of hydrogen-bond donors (Lipinski definition) is 3. The van der Waals surface area contributed by atoms with Gasteiger partial charge < -0.3 is 16.0 Å². The van der Waals surface area contributed by atoms with E-state index in [0.717, 1.165) is 25.9 Å². The lowest BCUT2D eigenvalue weighted by atomic mass is 9.88. The zero-order valence-corrected chi connectivity index (χ0v) is 12.2. The molecule has 2 amide bonds. The summed E-state index contributed by atoms with van der Waals surface area (Å²) in [6.45, 7) is 3.75. The first-order valence-corrected chi connectivity index (χ1v) is 7.56. The summed E-state index contributed by atoms with van der Waals surface area (Å²) in [7, 11) is 0. The van der Waals surface area contributed by atoms with Crippen molar-refractivity contribution in [2.24, 2.45) is 11.8 Å². The molecule has 5 heteroatoms. The molecule has 1 unspecified atom stereocenters. The third kappa shape index (κ3) is 3.42. The minimum Gasteiger partial charge on any atom is -0.349 e. The molecule has 0 radical (unpaired) electrons. The lowest BCUT2D eigenvalue weighted by Crippen LogP contribution is -2.48. The van der Waals surface area contributed by atoms with Gasteiger partial charge in [0.15, 0.2) is 0 Å². The van der Waals surface area contributed by atoms with E-state index >= 15 is 0 Å². The van der Waals surface area contributed by atoms with Gasteiger partial charge in [-0.15, -0.1) is 0 Å². The molecule has 1 aromatic rings. The maximum atomic E-state index is 12.2. The van der Waals surface area contributed by atoms with Crippen molar-refractivity contribution in [3.05, 3.63) is 29.8 Å². The normalized spacial score (nSPS) is 19.5. The average molecular weight is 287 g/mol. The summed E-state index contributed by atoms with van der Waals surface area (Å²) in [6, 6.07) is 7.46. The molecular weight excluding hydrogens is 266 g/mol. The van der Waals surface area contributed by atoms with Crippen molar-refractivity contribution in [1.82, 2.24) is 10.6 Å². The van der Waals surface area contributed by atoms with Crippen LogP contribution >= 0.6 is 0 Å². The van der Waals surface area contributed by atoms with Gasteiger partial charge in [0.2, 0.25) is 5.91 Å². The summed E-state index contributed by atoms with van der Waals surface area (Å²) in [5.41, 5.74) is 1.28. The summed E-state index contributed by atoms with van der Waals surface area (Å²) >= 11 is 0. The Morgan fingerprint density at radius 3 is 2.67 bits per heavy atom. The van der Waals surface area contributed by atoms with Crippen LogP contribution in [0.25, 0.3) is 0 Å². The van der Waals surface area contributed by atoms with E-state index in [-0.39, 0.29) is 17.7 Å². The monoisotopic (exact) mass is 287 g/mol. The molecule has 0 spiro atoms. The third-order valence-electron chi connectivity index (χ3n) is 4.24.